The van der Waals surface area contributed by atoms with Gasteiger partial charge >= 0.3 is 39.5 Å². The van der Waals surface area contributed by atoms with Crippen LogP contribution in [0, 0.1) is 0 Å². The summed E-state index contributed by atoms with van der Waals surface area (Å²) in [6.45, 7) is 4.43. The van der Waals surface area contributed by atoms with Crippen molar-refractivity contribution < 1.29 is 80.2 Å². The van der Waals surface area contributed by atoms with Crippen molar-refractivity contribution in [2.45, 2.75) is 316 Å². The first kappa shape index (κ1) is 98.7. The summed E-state index contributed by atoms with van der Waals surface area (Å²) in [6, 6.07) is 0. The first-order valence-electron chi connectivity index (χ1n) is 39.7. The minimum Gasteiger partial charge on any atom is -0.462 e. The summed E-state index contributed by atoms with van der Waals surface area (Å²) in [4.78, 5) is 73.0. The predicted octanol–water partition coefficient (Wildman–Crippen LogP) is 23.2. The van der Waals surface area contributed by atoms with Gasteiger partial charge in [0.1, 0.15) is 19.3 Å². The van der Waals surface area contributed by atoms with Crippen molar-refractivity contribution in [1.29, 1.82) is 0 Å². The molecule has 19 heteroatoms. The van der Waals surface area contributed by atoms with Crippen molar-refractivity contribution in [2.24, 2.45) is 0 Å². The zero-order valence-electron chi connectivity index (χ0n) is 64.6. The van der Waals surface area contributed by atoms with E-state index in [1.807, 2.05) is 12.2 Å². The summed E-state index contributed by atoms with van der Waals surface area (Å²) in [5, 5.41) is 10.6. The summed E-state index contributed by atoms with van der Waals surface area (Å²) in [7, 11) is -10.00. The van der Waals surface area contributed by atoms with Crippen LogP contribution in [-0.2, 0) is 65.4 Å². The molecule has 0 spiro atoms. The number of hydrogen-bond donors (Lipinski definition) is 3. The second kappa shape index (κ2) is 75.9. The van der Waals surface area contributed by atoms with Gasteiger partial charge in [-0.25, -0.2) is 9.13 Å². The fourth-order valence-corrected chi connectivity index (χ4v) is 11.5. The van der Waals surface area contributed by atoms with E-state index in [4.69, 9.17) is 37.0 Å². The highest BCUT2D eigenvalue weighted by molar-refractivity contribution is 7.47. The number of aliphatic hydroxyl groups excluding tert-OH is 1. The van der Waals surface area contributed by atoms with Crippen molar-refractivity contribution >= 4 is 39.5 Å². The number of carbonyl (C=O) groups excluding carboxylic acids is 4. The average Bonchev–Trinajstić information content (AvgIpc) is 0.917. The van der Waals surface area contributed by atoms with Crippen LogP contribution in [0.3, 0.4) is 0 Å². The van der Waals surface area contributed by atoms with Gasteiger partial charge in [0.25, 0.3) is 0 Å². The van der Waals surface area contributed by atoms with Gasteiger partial charge in [-0.2, -0.15) is 0 Å². The van der Waals surface area contributed by atoms with E-state index in [-0.39, 0.29) is 25.7 Å². The third-order valence-corrected chi connectivity index (χ3v) is 17.8. The molecule has 0 rings (SSSR count). The molecule has 104 heavy (non-hydrogen) atoms. The first-order valence-corrected chi connectivity index (χ1v) is 42.7. The van der Waals surface area contributed by atoms with E-state index in [9.17, 15) is 43.2 Å². The lowest BCUT2D eigenvalue weighted by molar-refractivity contribution is -0.161. The van der Waals surface area contributed by atoms with Crippen LogP contribution < -0.4 is 0 Å². The summed E-state index contributed by atoms with van der Waals surface area (Å²) >= 11 is 0. The lowest BCUT2D eigenvalue weighted by Gasteiger charge is -2.21. The number of aliphatic hydroxyl groups is 1. The molecule has 0 heterocycles. The molecule has 0 aromatic carbocycles. The summed E-state index contributed by atoms with van der Waals surface area (Å²) in [5.74, 6) is -2.30. The van der Waals surface area contributed by atoms with Crippen LogP contribution in [0.2, 0.25) is 0 Å². The maximum Gasteiger partial charge on any atom is 0.472 e. The standard InChI is InChI=1S/C85H140O17P2/c1-5-9-13-17-21-25-29-33-36-38-39-41-43-47-50-54-58-62-66-70-83(88)96-76-81(102-85(90)72-68-64-60-56-52-48-44-40-37-34-30-26-22-18-14-10-6-2)78-100-104(93,94)98-74-79(86)73-97-103(91,92)99-77-80(101-84(89)71-67-63-59-55-51-45-32-28-24-20-16-12-8-4)75-95-82(87)69-65-61-57-53-49-46-42-35-31-27-23-19-15-11-7-3/h9-10,13-14,16,20-23,25-28,32-37,39,41-42,44,48,56,60,79-81,86H,5-8,11-12,15,17-19,24,29-31,38,40,43,45-47,49-55,57-59,61-78H2,1-4H3,(H,91,92)(H,93,94)/b13-9-,14-10-,20-16-,25-21-,26-22-,27-23-,32-28-,36-33-,37-34-,41-39-,42-35-,48-44-,60-56-. The molecule has 0 aliphatic carbocycles. The minimum absolute atomic E-state index is 0.00744. The lowest BCUT2D eigenvalue weighted by atomic mass is 10.1. The molecule has 17 nitrogen and oxygen atoms in total. The Balaban J connectivity index is 5.45. The number of phosphoric ester groups is 2. The van der Waals surface area contributed by atoms with Gasteiger partial charge in [0.2, 0.25) is 0 Å². The Morgan fingerprint density at radius 3 is 0.846 bits per heavy atom. The topological polar surface area (TPSA) is 237 Å². The fraction of sp³-hybridized carbons (Fsp3) is 0.647. The molecule has 0 fully saturated rings. The van der Waals surface area contributed by atoms with Crippen LogP contribution in [0.15, 0.2) is 158 Å². The Bertz CT molecular complexity index is 2590. The highest BCUT2D eigenvalue weighted by atomic mass is 31.2. The smallest absolute Gasteiger partial charge is 0.462 e. The normalized spacial score (nSPS) is 14.7. The van der Waals surface area contributed by atoms with E-state index >= 15 is 0 Å². The van der Waals surface area contributed by atoms with Crippen molar-refractivity contribution in [2.75, 3.05) is 39.6 Å². The van der Waals surface area contributed by atoms with E-state index in [1.165, 1.54) is 19.3 Å². The maximum absolute atomic E-state index is 13.1. The van der Waals surface area contributed by atoms with E-state index in [0.29, 0.717) is 32.1 Å². The third-order valence-electron chi connectivity index (χ3n) is 15.9. The van der Waals surface area contributed by atoms with Crippen LogP contribution in [0.25, 0.3) is 0 Å². The Morgan fingerprint density at radius 2 is 0.529 bits per heavy atom. The number of hydrogen-bond acceptors (Lipinski definition) is 15. The monoisotopic (exact) mass is 1490 g/mol. The second-order valence-electron chi connectivity index (χ2n) is 25.9. The number of carbonyl (C=O) groups is 4. The molecular formula is C85H140O17P2. The van der Waals surface area contributed by atoms with E-state index < -0.39 is 97.5 Å². The van der Waals surface area contributed by atoms with Crippen molar-refractivity contribution in [3.8, 4) is 0 Å². The Hall–Kier alpha value is -5.32. The van der Waals surface area contributed by atoms with Crippen LogP contribution in [0.1, 0.15) is 297 Å². The van der Waals surface area contributed by atoms with Crippen LogP contribution in [0.5, 0.6) is 0 Å². The molecule has 5 atom stereocenters. The molecule has 0 aliphatic rings. The first-order chi connectivity index (χ1) is 50.7. The van der Waals surface area contributed by atoms with E-state index in [0.717, 1.165) is 193 Å². The Labute approximate surface area is 629 Å². The summed E-state index contributed by atoms with van der Waals surface area (Å²) < 4.78 is 68.5. The van der Waals surface area contributed by atoms with E-state index in [2.05, 4.69) is 174 Å². The van der Waals surface area contributed by atoms with Gasteiger partial charge in [0, 0.05) is 25.7 Å². The van der Waals surface area contributed by atoms with E-state index in [1.54, 1.807) is 0 Å². The van der Waals surface area contributed by atoms with Gasteiger partial charge in [0.15, 0.2) is 12.2 Å². The molecule has 592 valence electrons. The number of rotatable bonds is 73. The molecule has 0 aliphatic heterocycles. The average molecular weight is 1500 g/mol. The van der Waals surface area contributed by atoms with Gasteiger partial charge < -0.3 is 33.8 Å². The molecule has 0 amide bonds. The van der Waals surface area contributed by atoms with Gasteiger partial charge in [-0.05, 0) is 161 Å². The number of unbranched alkanes of at least 4 members (excludes halogenated alkanes) is 21. The van der Waals surface area contributed by atoms with Crippen LogP contribution >= 0.6 is 15.6 Å². The molecular weight excluding hydrogens is 1350 g/mol. The predicted molar refractivity (Wildman–Crippen MR) is 427 cm³/mol. The molecule has 0 saturated heterocycles. The number of esters is 4. The zero-order valence-corrected chi connectivity index (χ0v) is 66.4. The number of phosphoric acid groups is 2. The van der Waals surface area contributed by atoms with Crippen LogP contribution in [-0.4, -0.2) is 96.7 Å². The zero-order chi connectivity index (χ0) is 76.0. The summed E-state index contributed by atoms with van der Waals surface area (Å²) in [5.41, 5.74) is 0. The lowest BCUT2D eigenvalue weighted by Crippen LogP contribution is -2.30. The van der Waals surface area contributed by atoms with Crippen molar-refractivity contribution in [3.63, 3.8) is 0 Å². The van der Waals surface area contributed by atoms with Gasteiger partial charge in [-0.1, -0.05) is 269 Å². The second-order valence-corrected chi connectivity index (χ2v) is 28.8. The highest BCUT2D eigenvalue weighted by Crippen LogP contribution is 2.45. The minimum atomic E-state index is -5.00. The third kappa shape index (κ3) is 74.9. The highest BCUT2D eigenvalue weighted by Gasteiger charge is 2.30. The molecule has 0 bridgehead atoms. The number of allylic oxidation sites excluding steroid dienone is 26. The van der Waals surface area contributed by atoms with Crippen molar-refractivity contribution in [1.82, 2.24) is 0 Å². The SMILES string of the molecule is CC/C=C\C/C=C\C/C=C\C/C=C\C/C=C\CCCC(=O)OC(COC(=O)CCCCCCCC/C=C\C/C=C\C/C=C\C/C=C\CC)COP(=O)(O)OCC(O)COP(=O)(O)OCC(COC(=O)CCCCCCC/C=C\C/C=C\CCCCC)OC(=O)CCCCCCC/C=C\C/C=C\CCC. The molecule has 0 radical (unpaired) electrons. The maximum atomic E-state index is 13.1. The quantitative estimate of drug-likeness (QED) is 0.0169. The summed E-state index contributed by atoms with van der Waals surface area (Å²) in [6.07, 6.45) is 88.0. The molecule has 0 aromatic rings. The van der Waals surface area contributed by atoms with Gasteiger partial charge in [-0.15, -0.1) is 0 Å². The molecule has 0 aromatic heterocycles. The number of ether oxygens (including phenoxy) is 4. The fourth-order valence-electron chi connectivity index (χ4n) is 9.96. The van der Waals surface area contributed by atoms with Gasteiger partial charge in [0.05, 0.1) is 26.4 Å². The van der Waals surface area contributed by atoms with Crippen LogP contribution in [0.4, 0.5) is 0 Å². The Kier molecular flexibility index (Phi) is 72.0. The largest absolute Gasteiger partial charge is 0.472 e. The molecule has 5 unspecified atom stereocenters. The van der Waals surface area contributed by atoms with Gasteiger partial charge in [-0.3, -0.25) is 37.3 Å². The molecule has 3 N–H and O–H groups in total. The molecule has 0 saturated carbocycles. The Morgan fingerprint density at radius 1 is 0.279 bits per heavy atom. The van der Waals surface area contributed by atoms with Crippen molar-refractivity contribution in [3.05, 3.63) is 158 Å².